The van der Waals surface area contributed by atoms with Crippen LogP contribution in [-0.2, 0) is 11.3 Å². The molecule has 1 saturated heterocycles. The average molecular weight is 291 g/mol. The second-order valence-electron chi connectivity index (χ2n) is 5.24. The lowest BCUT2D eigenvalue weighted by molar-refractivity contribution is -0.0841. The summed E-state index contributed by atoms with van der Waals surface area (Å²) in [7, 11) is 1.49. The van der Waals surface area contributed by atoms with E-state index < -0.39 is 0 Å². The molecule has 1 fully saturated rings. The van der Waals surface area contributed by atoms with Gasteiger partial charge in [-0.3, -0.25) is 0 Å². The van der Waals surface area contributed by atoms with Gasteiger partial charge in [0.2, 0.25) is 5.82 Å². The van der Waals surface area contributed by atoms with Crippen LogP contribution >= 0.6 is 0 Å². The molecule has 0 aliphatic carbocycles. The van der Waals surface area contributed by atoms with Crippen LogP contribution in [0.5, 0.6) is 11.5 Å². The van der Waals surface area contributed by atoms with Crippen molar-refractivity contribution in [3.8, 4) is 22.9 Å². The SMILES string of the molecule is COc1cc(-c2noc(COC3(C)CNC3)n2)ccc1O. The molecule has 112 valence electrons. The molecule has 21 heavy (non-hydrogen) atoms. The zero-order chi connectivity index (χ0) is 14.9. The lowest BCUT2D eigenvalue weighted by Crippen LogP contribution is -2.58. The first-order chi connectivity index (χ1) is 10.1. The molecule has 2 N–H and O–H groups in total. The minimum Gasteiger partial charge on any atom is -0.504 e. The van der Waals surface area contributed by atoms with E-state index in [1.807, 2.05) is 6.92 Å². The van der Waals surface area contributed by atoms with Gasteiger partial charge in [-0.05, 0) is 25.1 Å². The maximum absolute atomic E-state index is 9.58. The summed E-state index contributed by atoms with van der Waals surface area (Å²) in [6.07, 6.45) is 0. The lowest BCUT2D eigenvalue weighted by Gasteiger charge is -2.38. The van der Waals surface area contributed by atoms with E-state index in [0.29, 0.717) is 23.0 Å². The quantitative estimate of drug-likeness (QED) is 0.858. The number of hydrogen-bond acceptors (Lipinski definition) is 7. The summed E-state index contributed by atoms with van der Waals surface area (Å²) in [4.78, 5) is 4.29. The third-order valence-corrected chi connectivity index (χ3v) is 3.45. The molecule has 0 unspecified atom stereocenters. The molecule has 0 radical (unpaired) electrons. The van der Waals surface area contributed by atoms with E-state index in [2.05, 4.69) is 15.5 Å². The number of ether oxygens (including phenoxy) is 2. The number of rotatable bonds is 5. The predicted octanol–water partition coefficient (Wildman–Crippen LogP) is 1.33. The van der Waals surface area contributed by atoms with Gasteiger partial charge in [0.25, 0.3) is 5.89 Å². The Morgan fingerprint density at radius 1 is 1.43 bits per heavy atom. The van der Waals surface area contributed by atoms with Gasteiger partial charge in [-0.1, -0.05) is 5.16 Å². The Hall–Kier alpha value is -2.12. The average Bonchev–Trinajstić information content (AvgIpc) is 2.92. The summed E-state index contributed by atoms with van der Waals surface area (Å²) >= 11 is 0. The fourth-order valence-corrected chi connectivity index (χ4v) is 2.06. The largest absolute Gasteiger partial charge is 0.504 e. The number of phenolic OH excluding ortho intramolecular Hbond substituents is 1. The number of nitrogens with one attached hydrogen (secondary N) is 1. The van der Waals surface area contributed by atoms with E-state index >= 15 is 0 Å². The zero-order valence-electron chi connectivity index (χ0n) is 11.9. The first kappa shape index (κ1) is 13.8. The smallest absolute Gasteiger partial charge is 0.252 e. The molecule has 1 aliphatic rings. The second-order valence-corrected chi connectivity index (χ2v) is 5.24. The Morgan fingerprint density at radius 3 is 2.90 bits per heavy atom. The maximum Gasteiger partial charge on any atom is 0.252 e. The van der Waals surface area contributed by atoms with Crippen molar-refractivity contribution < 1.29 is 19.1 Å². The molecule has 2 aromatic rings. The van der Waals surface area contributed by atoms with Gasteiger partial charge in [0.1, 0.15) is 6.61 Å². The van der Waals surface area contributed by atoms with Crippen molar-refractivity contribution in [2.24, 2.45) is 0 Å². The molecule has 0 spiro atoms. The summed E-state index contributed by atoms with van der Waals surface area (Å²) in [5, 5.41) is 16.7. The van der Waals surface area contributed by atoms with Crippen LogP contribution in [0.15, 0.2) is 22.7 Å². The summed E-state index contributed by atoms with van der Waals surface area (Å²) < 4.78 is 16.0. The van der Waals surface area contributed by atoms with E-state index in [4.69, 9.17) is 14.0 Å². The molecule has 0 atom stereocenters. The molecule has 0 saturated carbocycles. The number of nitrogens with zero attached hydrogens (tertiary/aromatic N) is 2. The Bertz CT molecular complexity index is 637. The van der Waals surface area contributed by atoms with Crippen molar-refractivity contribution in [2.75, 3.05) is 20.2 Å². The van der Waals surface area contributed by atoms with Crippen LogP contribution in [0.4, 0.5) is 0 Å². The highest BCUT2D eigenvalue weighted by Gasteiger charge is 2.33. The fourth-order valence-electron chi connectivity index (χ4n) is 2.06. The molecule has 3 rings (SSSR count). The van der Waals surface area contributed by atoms with E-state index in [1.54, 1.807) is 12.1 Å². The summed E-state index contributed by atoms with van der Waals surface area (Å²) in [6.45, 7) is 3.96. The third kappa shape index (κ3) is 2.84. The van der Waals surface area contributed by atoms with Crippen LogP contribution < -0.4 is 10.1 Å². The van der Waals surface area contributed by atoms with Crippen molar-refractivity contribution in [3.63, 3.8) is 0 Å². The van der Waals surface area contributed by atoms with E-state index in [0.717, 1.165) is 13.1 Å². The van der Waals surface area contributed by atoms with E-state index in [1.165, 1.54) is 13.2 Å². The van der Waals surface area contributed by atoms with E-state index in [-0.39, 0.29) is 18.0 Å². The van der Waals surface area contributed by atoms with Crippen LogP contribution in [0.1, 0.15) is 12.8 Å². The highest BCUT2D eigenvalue weighted by molar-refractivity contribution is 5.60. The molecular weight excluding hydrogens is 274 g/mol. The number of benzene rings is 1. The molecule has 7 nitrogen and oxygen atoms in total. The van der Waals surface area contributed by atoms with Crippen LogP contribution in [0.25, 0.3) is 11.4 Å². The monoisotopic (exact) mass is 291 g/mol. The van der Waals surface area contributed by atoms with Gasteiger partial charge in [-0.15, -0.1) is 0 Å². The van der Waals surface area contributed by atoms with Crippen molar-refractivity contribution in [1.82, 2.24) is 15.5 Å². The third-order valence-electron chi connectivity index (χ3n) is 3.45. The normalized spacial score (nSPS) is 16.5. The van der Waals surface area contributed by atoms with Gasteiger partial charge in [-0.2, -0.15) is 4.98 Å². The Balaban J connectivity index is 1.72. The topological polar surface area (TPSA) is 89.6 Å². The summed E-state index contributed by atoms with van der Waals surface area (Å²) in [5.74, 6) is 1.29. The van der Waals surface area contributed by atoms with Crippen molar-refractivity contribution in [3.05, 3.63) is 24.1 Å². The predicted molar refractivity (Wildman–Crippen MR) is 74.0 cm³/mol. The second kappa shape index (κ2) is 5.34. The molecule has 0 bridgehead atoms. The van der Waals surface area contributed by atoms with Gasteiger partial charge in [0.15, 0.2) is 11.5 Å². The lowest BCUT2D eigenvalue weighted by atomic mass is 10.0. The van der Waals surface area contributed by atoms with Crippen LogP contribution in [0.2, 0.25) is 0 Å². The van der Waals surface area contributed by atoms with E-state index in [9.17, 15) is 5.11 Å². The van der Waals surface area contributed by atoms with Crippen molar-refractivity contribution in [2.45, 2.75) is 19.1 Å². The molecular formula is C14H17N3O4. The van der Waals surface area contributed by atoms with Crippen LogP contribution in [0.3, 0.4) is 0 Å². The van der Waals surface area contributed by atoms with Gasteiger partial charge < -0.3 is 24.4 Å². The molecule has 1 aromatic heterocycles. The highest BCUT2D eigenvalue weighted by atomic mass is 16.5. The zero-order valence-corrected chi connectivity index (χ0v) is 11.9. The Kier molecular flexibility index (Phi) is 3.52. The Morgan fingerprint density at radius 2 is 2.24 bits per heavy atom. The standard InChI is InChI=1S/C14H17N3O4/c1-14(7-15-8-14)20-6-12-16-13(17-21-12)9-3-4-10(18)11(5-9)19-2/h3-5,15,18H,6-8H2,1-2H3. The van der Waals surface area contributed by atoms with Gasteiger partial charge in [0, 0.05) is 18.7 Å². The summed E-state index contributed by atoms with van der Waals surface area (Å²) in [6, 6.07) is 4.88. The van der Waals surface area contributed by atoms with Crippen molar-refractivity contribution in [1.29, 1.82) is 0 Å². The fraction of sp³-hybridized carbons (Fsp3) is 0.429. The first-order valence-corrected chi connectivity index (χ1v) is 6.64. The molecule has 1 aliphatic heterocycles. The minimum absolute atomic E-state index is 0.0682. The molecule has 2 heterocycles. The number of aromatic nitrogens is 2. The van der Waals surface area contributed by atoms with Gasteiger partial charge >= 0.3 is 0 Å². The number of phenols is 1. The highest BCUT2D eigenvalue weighted by Crippen LogP contribution is 2.30. The number of aromatic hydroxyl groups is 1. The molecule has 7 heteroatoms. The molecule has 0 amide bonds. The first-order valence-electron chi connectivity index (χ1n) is 6.64. The van der Waals surface area contributed by atoms with Gasteiger partial charge in [-0.25, -0.2) is 0 Å². The van der Waals surface area contributed by atoms with Crippen LogP contribution in [-0.4, -0.2) is 41.0 Å². The minimum atomic E-state index is -0.156. The van der Waals surface area contributed by atoms with Crippen LogP contribution in [0, 0.1) is 0 Å². The number of hydrogen-bond donors (Lipinski definition) is 2. The molecule has 1 aromatic carbocycles. The van der Waals surface area contributed by atoms with Gasteiger partial charge in [0.05, 0.1) is 12.7 Å². The summed E-state index contributed by atoms with van der Waals surface area (Å²) in [5.41, 5.74) is 0.548. The Labute approximate surface area is 121 Å². The maximum atomic E-state index is 9.58. The van der Waals surface area contributed by atoms with Crippen molar-refractivity contribution >= 4 is 0 Å². The number of methoxy groups -OCH3 is 1.